The minimum absolute atomic E-state index is 0.247. The van der Waals surface area contributed by atoms with Crippen LogP contribution in [0, 0.1) is 0 Å². The first-order chi connectivity index (χ1) is 10.5. The van der Waals surface area contributed by atoms with Gasteiger partial charge < -0.3 is 9.47 Å². The Labute approximate surface area is 126 Å². The van der Waals surface area contributed by atoms with Gasteiger partial charge in [-0.15, -0.1) is 0 Å². The second-order valence-electron chi connectivity index (χ2n) is 4.77. The molecule has 0 unspecified atom stereocenters. The number of hydrogen-bond donors (Lipinski definition) is 0. The quantitative estimate of drug-likeness (QED) is 0.620. The zero-order chi connectivity index (χ0) is 15.7. The molecule has 2 aliphatic heterocycles. The van der Waals surface area contributed by atoms with Crippen LogP contribution in [0.15, 0.2) is 45.6 Å². The molecule has 0 saturated heterocycles. The van der Waals surface area contributed by atoms with Crippen molar-refractivity contribution in [1.29, 1.82) is 0 Å². The van der Waals surface area contributed by atoms with Gasteiger partial charge in [-0.25, -0.2) is 19.6 Å². The van der Waals surface area contributed by atoms with Crippen molar-refractivity contribution in [3.63, 3.8) is 0 Å². The molecule has 0 amide bonds. The molecular weight excluding hydrogens is 284 g/mol. The van der Waals surface area contributed by atoms with Crippen LogP contribution in [-0.2, 0) is 19.1 Å². The molecule has 0 bridgehead atoms. The van der Waals surface area contributed by atoms with E-state index >= 15 is 0 Å². The van der Waals surface area contributed by atoms with E-state index in [2.05, 4.69) is 9.98 Å². The van der Waals surface area contributed by atoms with Crippen LogP contribution in [0.2, 0.25) is 0 Å². The number of esters is 2. The molecule has 2 aliphatic rings. The predicted molar refractivity (Wildman–Crippen MR) is 80.8 cm³/mol. The molecule has 1 aromatic rings. The number of benzene rings is 1. The highest BCUT2D eigenvalue weighted by Crippen LogP contribution is 2.19. The van der Waals surface area contributed by atoms with Gasteiger partial charge in [-0.05, 0) is 29.3 Å². The van der Waals surface area contributed by atoms with E-state index in [4.69, 9.17) is 9.47 Å². The van der Waals surface area contributed by atoms with Crippen molar-refractivity contribution in [3.8, 4) is 0 Å². The fourth-order valence-corrected chi connectivity index (χ4v) is 2.09. The Bertz CT molecular complexity index is 737. The number of ether oxygens (including phenoxy) is 2. The molecule has 6 heteroatoms. The average molecular weight is 296 g/mol. The van der Waals surface area contributed by atoms with Gasteiger partial charge >= 0.3 is 11.9 Å². The minimum atomic E-state index is -0.471. The van der Waals surface area contributed by atoms with Crippen molar-refractivity contribution in [2.45, 2.75) is 13.8 Å². The molecule has 6 nitrogen and oxygen atoms in total. The average Bonchev–Trinajstić information content (AvgIpc) is 2.92. The third-order valence-corrected chi connectivity index (χ3v) is 2.97. The van der Waals surface area contributed by atoms with Crippen molar-refractivity contribution in [2.24, 2.45) is 9.98 Å². The van der Waals surface area contributed by atoms with E-state index in [1.54, 1.807) is 26.0 Å². The summed E-state index contributed by atoms with van der Waals surface area (Å²) >= 11 is 0. The number of nitrogens with zero attached hydrogens (tertiary/aromatic N) is 2. The molecule has 0 aliphatic carbocycles. The zero-order valence-electron chi connectivity index (χ0n) is 12.0. The van der Waals surface area contributed by atoms with E-state index in [9.17, 15) is 9.59 Å². The smallest absolute Gasteiger partial charge is 0.363 e. The van der Waals surface area contributed by atoms with Crippen molar-refractivity contribution in [3.05, 3.63) is 46.8 Å². The van der Waals surface area contributed by atoms with Crippen molar-refractivity contribution in [2.75, 3.05) is 0 Å². The van der Waals surface area contributed by atoms with E-state index in [0.717, 1.165) is 11.1 Å². The van der Waals surface area contributed by atoms with Crippen LogP contribution >= 0.6 is 0 Å². The van der Waals surface area contributed by atoms with Crippen LogP contribution in [0.1, 0.15) is 25.0 Å². The van der Waals surface area contributed by atoms with Crippen molar-refractivity contribution < 1.29 is 19.1 Å². The van der Waals surface area contributed by atoms with Gasteiger partial charge in [-0.3, -0.25) is 0 Å². The fraction of sp³-hybridized carbons (Fsp3) is 0.125. The summed E-state index contributed by atoms with van der Waals surface area (Å²) in [6, 6.07) is 7.28. The topological polar surface area (TPSA) is 77.3 Å². The lowest BCUT2D eigenvalue weighted by atomic mass is 10.1. The molecule has 0 aromatic heterocycles. The van der Waals surface area contributed by atoms with Gasteiger partial charge in [0.1, 0.15) is 0 Å². The summed E-state index contributed by atoms with van der Waals surface area (Å²) < 4.78 is 9.72. The second-order valence-corrected chi connectivity index (χ2v) is 4.77. The van der Waals surface area contributed by atoms with Gasteiger partial charge in [0.25, 0.3) is 0 Å². The molecule has 110 valence electrons. The largest absolute Gasteiger partial charge is 0.407 e. The van der Waals surface area contributed by atoms with E-state index in [1.807, 2.05) is 24.3 Å². The lowest BCUT2D eigenvalue weighted by Gasteiger charge is -1.98. The van der Waals surface area contributed by atoms with Crippen molar-refractivity contribution >= 4 is 35.9 Å². The van der Waals surface area contributed by atoms with Crippen molar-refractivity contribution in [1.82, 2.24) is 0 Å². The summed E-state index contributed by atoms with van der Waals surface area (Å²) in [6.45, 7) is 3.23. The summed E-state index contributed by atoms with van der Waals surface area (Å²) in [6.07, 6.45) is 3.25. The summed E-state index contributed by atoms with van der Waals surface area (Å²) in [5.74, 6) is -0.289. The van der Waals surface area contributed by atoms with Gasteiger partial charge in [-0.1, -0.05) is 18.2 Å². The first-order valence-electron chi connectivity index (χ1n) is 6.60. The Morgan fingerprint density at radius 2 is 1.32 bits per heavy atom. The van der Waals surface area contributed by atoms with E-state index in [-0.39, 0.29) is 11.4 Å². The summed E-state index contributed by atoms with van der Waals surface area (Å²) in [5.41, 5.74) is 2.03. The monoisotopic (exact) mass is 296 g/mol. The van der Waals surface area contributed by atoms with Crippen LogP contribution in [0.25, 0.3) is 12.2 Å². The Morgan fingerprint density at radius 1 is 0.864 bits per heavy atom. The Balaban J connectivity index is 1.91. The van der Waals surface area contributed by atoms with E-state index < -0.39 is 11.9 Å². The van der Waals surface area contributed by atoms with Crippen LogP contribution in [0.5, 0.6) is 0 Å². The van der Waals surface area contributed by atoms with Crippen LogP contribution in [0.3, 0.4) is 0 Å². The van der Waals surface area contributed by atoms with Crippen LogP contribution in [-0.4, -0.2) is 23.7 Å². The molecule has 0 fully saturated rings. The summed E-state index contributed by atoms with van der Waals surface area (Å²) in [7, 11) is 0. The lowest BCUT2D eigenvalue weighted by molar-refractivity contribution is -0.130. The van der Waals surface area contributed by atoms with Gasteiger partial charge in [0.05, 0.1) is 0 Å². The highest BCUT2D eigenvalue weighted by molar-refractivity contribution is 6.07. The predicted octanol–water partition coefficient (Wildman–Crippen LogP) is 2.32. The summed E-state index contributed by atoms with van der Waals surface area (Å²) in [5, 5.41) is 0. The molecule has 0 N–H and O–H groups in total. The summed E-state index contributed by atoms with van der Waals surface area (Å²) in [4.78, 5) is 31.1. The number of carbonyl (C=O) groups is 2. The first-order valence-corrected chi connectivity index (χ1v) is 6.60. The molecule has 1 aromatic carbocycles. The van der Waals surface area contributed by atoms with Crippen LogP contribution < -0.4 is 0 Å². The Morgan fingerprint density at radius 3 is 1.68 bits per heavy atom. The highest BCUT2D eigenvalue weighted by Gasteiger charge is 2.20. The SMILES string of the molecule is CC1=N/C(=C\c2cccc(/C=C3/N=C(C)OC3=O)c2)C(=O)O1. The van der Waals surface area contributed by atoms with E-state index in [0.29, 0.717) is 11.8 Å². The van der Waals surface area contributed by atoms with Gasteiger partial charge in [0.2, 0.25) is 0 Å². The van der Waals surface area contributed by atoms with Gasteiger partial charge in [0.15, 0.2) is 23.2 Å². The maximum Gasteiger partial charge on any atom is 0.363 e. The zero-order valence-corrected chi connectivity index (χ0v) is 12.0. The Kier molecular flexibility index (Phi) is 3.42. The second kappa shape index (κ2) is 5.40. The number of hydrogen-bond acceptors (Lipinski definition) is 6. The maximum atomic E-state index is 11.5. The number of cyclic esters (lactones) is 2. The molecular formula is C16H12N2O4. The molecule has 3 rings (SSSR count). The molecule has 0 saturated carbocycles. The molecule has 2 heterocycles. The number of rotatable bonds is 2. The third kappa shape index (κ3) is 2.85. The fourth-order valence-electron chi connectivity index (χ4n) is 2.09. The molecule has 0 radical (unpaired) electrons. The number of carbonyl (C=O) groups excluding carboxylic acids is 2. The molecule has 22 heavy (non-hydrogen) atoms. The third-order valence-electron chi connectivity index (χ3n) is 2.97. The number of aliphatic imine (C=N–C) groups is 2. The maximum absolute atomic E-state index is 11.5. The lowest BCUT2D eigenvalue weighted by Crippen LogP contribution is -2.00. The normalized spacial score (nSPS) is 21.0. The standard InChI is InChI=1S/C16H12N2O4/c1-9-17-13(15(19)21-9)7-11-4-3-5-12(6-11)8-14-16(20)22-10(2)18-14/h3-8H,1-2H3/b13-7-,14-8+. The van der Waals surface area contributed by atoms with Gasteiger partial charge in [-0.2, -0.15) is 0 Å². The highest BCUT2D eigenvalue weighted by atomic mass is 16.6. The molecule has 0 spiro atoms. The molecule has 0 atom stereocenters. The minimum Gasteiger partial charge on any atom is -0.407 e. The van der Waals surface area contributed by atoms with E-state index in [1.165, 1.54) is 0 Å². The van der Waals surface area contributed by atoms with Crippen LogP contribution in [0.4, 0.5) is 0 Å². The first kappa shape index (κ1) is 13.9. The Hall–Kier alpha value is -3.02. The van der Waals surface area contributed by atoms with Gasteiger partial charge in [0, 0.05) is 13.8 Å².